The molecule has 0 radical (unpaired) electrons. The zero-order valence-corrected chi connectivity index (χ0v) is 13.2. The van der Waals surface area contributed by atoms with Crippen molar-refractivity contribution in [2.24, 2.45) is 0 Å². The summed E-state index contributed by atoms with van der Waals surface area (Å²) in [5, 5.41) is 23.4. The van der Waals surface area contributed by atoms with Crippen LogP contribution in [0.5, 0.6) is 0 Å². The van der Waals surface area contributed by atoms with Gasteiger partial charge in [0.15, 0.2) is 5.69 Å². The van der Waals surface area contributed by atoms with E-state index in [1.54, 1.807) is 0 Å². The average Bonchev–Trinajstić information content (AvgIpc) is 2.87. The van der Waals surface area contributed by atoms with Gasteiger partial charge >= 0.3 is 5.97 Å². The van der Waals surface area contributed by atoms with Crippen molar-refractivity contribution < 1.29 is 15.0 Å². The molecule has 3 rings (SSSR count). The van der Waals surface area contributed by atoms with E-state index in [9.17, 15) is 15.0 Å². The zero-order valence-electron chi connectivity index (χ0n) is 13.2. The Kier molecular flexibility index (Phi) is 4.49. The number of hydrogen-bond acceptors (Lipinski definition) is 4. The van der Waals surface area contributed by atoms with E-state index in [1.165, 1.54) is 0 Å². The molecule has 0 saturated carbocycles. The number of carbonyl (C=O) groups is 1. The molecule has 6 heteroatoms. The summed E-state index contributed by atoms with van der Waals surface area (Å²) in [7, 11) is 0. The summed E-state index contributed by atoms with van der Waals surface area (Å²) in [6, 6.07) is 0.386. The van der Waals surface area contributed by atoms with Crippen LogP contribution in [0.2, 0.25) is 0 Å². The van der Waals surface area contributed by atoms with Gasteiger partial charge in [0.25, 0.3) is 0 Å². The minimum Gasteiger partial charge on any atom is -0.476 e. The molecule has 2 N–H and O–H groups in total. The first-order valence-electron chi connectivity index (χ1n) is 8.34. The van der Waals surface area contributed by atoms with Gasteiger partial charge in [0.2, 0.25) is 0 Å². The maximum absolute atomic E-state index is 11.5. The standard InChI is InChI=1S/C16H25N3O3/c1-2-7-19-14-4-3-11(18-8-5-12(20)6-9-18)10-13(14)15(17-19)16(21)22/h11-12,20H,2-10H2,1H3,(H,21,22)/t11-/m0/s1. The monoisotopic (exact) mass is 307 g/mol. The quantitative estimate of drug-likeness (QED) is 0.877. The number of aromatic nitrogens is 2. The van der Waals surface area contributed by atoms with Crippen LogP contribution in [0.3, 0.4) is 0 Å². The molecule has 1 aromatic heterocycles. The van der Waals surface area contributed by atoms with Crippen molar-refractivity contribution in [3.8, 4) is 0 Å². The van der Waals surface area contributed by atoms with Gasteiger partial charge in [-0.15, -0.1) is 0 Å². The first kappa shape index (κ1) is 15.5. The van der Waals surface area contributed by atoms with E-state index in [-0.39, 0.29) is 11.8 Å². The molecular weight excluding hydrogens is 282 g/mol. The van der Waals surface area contributed by atoms with Crippen LogP contribution < -0.4 is 0 Å². The average molecular weight is 307 g/mol. The highest BCUT2D eigenvalue weighted by molar-refractivity contribution is 5.87. The van der Waals surface area contributed by atoms with Gasteiger partial charge in [-0.1, -0.05) is 6.92 Å². The summed E-state index contributed by atoms with van der Waals surface area (Å²) >= 11 is 0. The van der Waals surface area contributed by atoms with Crippen molar-refractivity contribution in [1.29, 1.82) is 0 Å². The van der Waals surface area contributed by atoms with Crippen LogP contribution in [0.1, 0.15) is 54.4 Å². The Bertz CT molecular complexity index is 547. The molecule has 2 heterocycles. The fourth-order valence-corrected chi connectivity index (χ4v) is 3.80. The van der Waals surface area contributed by atoms with Gasteiger partial charge in [0, 0.05) is 36.9 Å². The molecule has 1 fully saturated rings. The van der Waals surface area contributed by atoms with Gasteiger partial charge in [0.1, 0.15) is 0 Å². The molecule has 1 aromatic rings. The van der Waals surface area contributed by atoms with Gasteiger partial charge in [-0.3, -0.25) is 9.58 Å². The number of aromatic carboxylic acids is 1. The van der Waals surface area contributed by atoms with E-state index in [4.69, 9.17) is 0 Å². The molecule has 122 valence electrons. The third-order valence-corrected chi connectivity index (χ3v) is 4.97. The van der Waals surface area contributed by atoms with E-state index in [0.29, 0.717) is 6.04 Å². The molecule has 1 atom stereocenters. The molecule has 0 amide bonds. The van der Waals surface area contributed by atoms with Gasteiger partial charge in [0.05, 0.1) is 6.10 Å². The maximum Gasteiger partial charge on any atom is 0.356 e. The topological polar surface area (TPSA) is 78.6 Å². The van der Waals surface area contributed by atoms with Crippen LogP contribution in [0.25, 0.3) is 0 Å². The van der Waals surface area contributed by atoms with E-state index < -0.39 is 5.97 Å². The van der Waals surface area contributed by atoms with Crippen molar-refractivity contribution in [2.75, 3.05) is 13.1 Å². The van der Waals surface area contributed by atoms with Gasteiger partial charge in [-0.25, -0.2) is 4.79 Å². The number of aliphatic hydroxyl groups excluding tert-OH is 1. The highest BCUT2D eigenvalue weighted by Crippen LogP contribution is 2.29. The first-order valence-corrected chi connectivity index (χ1v) is 8.34. The SMILES string of the molecule is CCCn1nc(C(=O)O)c2c1CC[C@H](N1CCC(O)CC1)C2. The van der Waals surface area contributed by atoms with Crippen LogP contribution in [0, 0.1) is 0 Å². The number of hydrogen-bond donors (Lipinski definition) is 2. The number of nitrogens with zero attached hydrogens (tertiary/aromatic N) is 3. The number of carboxylic acids is 1. The Labute approximate surface area is 130 Å². The Morgan fingerprint density at radius 3 is 2.68 bits per heavy atom. The zero-order chi connectivity index (χ0) is 15.7. The number of piperidine rings is 1. The number of carboxylic acid groups (broad SMARTS) is 1. The highest BCUT2D eigenvalue weighted by Gasteiger charge is 2.32. The van der Waals surface area contributed by atoms with Gasteiger partial charge in [-0.05, 0) is 38.5 Å². The lowest BCUT2D eigenvalue weighted by atomic mass is 9.89. The molecule has 1 aliphatic carbocycles. The Morgan fingerprint density at radius 1 is 1.32 bits per heavy atom. The second-order valence-corrected chi connectivity index (χ2v) is 6.47. The summed E-state index contributed by atoms with van der Waals surface area (Å²) in [6.07, 6.45) is 5.17. The highest BCUT2D eigenvalue weighted by atomic mass is 16.4. The molecule has 0 bridgehead atoms. The van der Waals surface area contributed by atoms with Crippen LogP contribution in [0.15, 0.2) is 0 Å². The molecule has 1 aliphatic heterocycles. The van der Waals surface area contributed by atoms with Crippen LogP contribution in [0.4, 0.5) is 0 Å². The summed E-state index contributed by atoms with van der Waals surface area (Å²) in [5.41, 5.74) is 2.29. The third kappa shape index (κ3) is 2.90. The van der Waals surface area contributed by atoms with E-state index in [1.807, 2.05) is 4.68 Å². The largest absolute Gasteiger partial charge is 0.476 e. The van der Waals surface area contributed by atoms with Crippen LogP contribution >= 0.6 is 0 Å². The predicted octanol–water partition coefficient (Wildman–Crippen LogP) is 1.31. The van der Waals surface area contributed by atoms with Gasteiger partial charge in [-0.2, -0.15) is 5.10 Å². The van der Waals surface area contributed by atoms with Crippen LogP contribution in [-0.4, -0.2) is 56.1 Å². The summed E-state index contributed by atoms with van der Waals surface area (Å²) in [5.74, 6) is -0.916. The smallest absolute Gasteiger partial charge is 0.356 e. The molecule has 2 aliphatic rings. The minimum atomic E-state index is -0.916. The molecule has 0 spiro atoms. The Balaban J connectivity index is 1.80. The summed E-state index contributed by atoms with van der Waals surface area (Å²) < 4.78 is 1.90. The molecule has 22 heavy (non-hydrogen) atoms. The maximum atomic E-state index is 11.5. The number of fused-ring (bicyclic) bond motifs is 1. The fraction of sp³-hybridized carbons (Fsp3) is 0.750. The summed E-state index contributed by atoms with van der Waals surface area (Å²) in [6.45, 7) is 4.69. The van der Waals surface area contributed by atoms with E-state index >= 15 is 0 Å². The Morgan fingerprint density at radius 2 is 2.05 bits per heavy atom. The molecule has 0 unspecified atom stereocenters. The number of rotatable bonds is 4. The fourth-order valence-electron chi connectivity index (χ4n) is 3.80. The van der Waals surface area contributed by atoms with E-state index in [0.717, 1.165) is 69.4 Å². The molecule has 0 aromatic carbocycles. The second-order valence-electron chi connectivity index (χ2n) is 6.47. The molecule has 6 nitrogen and oxygen atoms in total. The lowest BCUT2D eigenvalue weighted by Gasteiger charge is -2.38. The predicted molar refractivity (Wildman–Crippen MR) is 82.1 cm³/mol. The number of likely N-dealkylation sites (tertiary alicyclic amines) is 1. The van der Waals surface area contributed by atoms with Crippen molar-refractivity contribution >= 4 is 5.97 Å². The van der Waals surface area contributed by atoms with Crippen LogP contribution in [-0.2, 0) is 19.4 Å². The van der Waals surface area contributed by atoms with Crippen molar-refractivity contribution in [2.45, 2.75) is 64.1 Å². The van der Waals surface area contributed by atoms with Gasteiger partial charge < -0.3 is 10.2 Å². The summed E-state index contributed by atoms with van der Waals surface area (Å²) in [4.78, 5) is 13.9. The Hall–Kier alpha value is -1.40. The number of aryl methyl sites for hydroxylation is 1. The lowest BCUT2D eigenvalue weighted by molar-refractivity contribution is 0.0566. The normalized spacial score (nSPS) is 23.5. The second kappa shape index (κ2) is 6.38. The minimum absolute atomic E-state index is 0.169. The third-order valence-electron chi connectivity index (χ3n) is 4.97. The number of aliphatic hydroxyl groups is 1. The molecule has 1 saturated heterocycles. The van der Waals surface area contributed by atoms with Crippen molar-refractivity contribution in [1.82, 2.24) is 14.7 Å². The first-order chi connectivity index (χ1) is 10.6. The van der Waals surface area contributed by atoms with Crippen molar-refractivity contribution in [3.63, 3.8) is 0 Å². The molecular formula is C16H25N3O3. The van der Waals surface area contributed by atoms with Crippen molar-refractivity contribution in [3.05, 3.63) is 17.0 Å². The lowest BCUT2D eigenvalue weighted by Crippen LogP contribution is -2.45. The van der Waals surface area contributed by atoms with E-state index in [2.05, 4.69) is 16.9 Å².